The maximum Gasteiger partial charge on any atom is 0.171 e. The molecule has 1 aromatic heterocycles. The lowest BCUT2D eigenvalue weighted by Gasteiger charge is -2.57. The zero-order chi connectivity index (χ0) is 23.9. The Morgan fingerprint density at radius 2 is 1.91 bits per heavy atom. The minimum absolute atomic E-state index is 0.0334. The van der Waals surface area contributed by atoms with Crippen molar-refractivity contribution in [3.63, 3.8) is 0 Å². The zero-order valence-corrected chi connectivity index (χ0v) is 21.4. The number of aromatic amines is 1. The third-order valence-electron chi connectivity index (χ3n) is 11.7. The molecule has 2 saturated heterocycles. The molecule has 0 radical (unpaired) electrons. The molecule has 2 aliphatic heterocycles. The first-order valence-corrected chi connectivity index (χ1v) is 13.8. The van der Waals surface area contributed by atoms with Crippen LogP contribution in [0.4, 0.5) is 0 Å². The van der Waals surface area contributed by atoms with Gasteiger partial charge >= 0.3 is 0 Å². The van der Waals surface area contributed by atoms with Crippen molar-refractivity contribution in [1.29, 1.82) is 0 Å². The summed E-state index contributed by atoms with van der Waals surface area (Å²) in [5.41, 5.74) is 2.62. The molecule has 0 amide bonds. The van der Waals surface area contributed by atoms with Gasteiger partial charge in [-0.1, -0.05) is 27.7 Å². The Bertz CT molecular complexity index is 910. The van der Waals surface area contributed by atoms with Crippen LogP contribution in [0.2, 0.25) is 0 Å². The molecule has 6 rings (SSSR count). The summed E-state index contributed by atoms with van der Waals surface area (Å²) in [5, 5.41) is 28.7. The van der Waals surface area contributed by atoms with Crippen molar-refractivity contribution < 1.29 is 19.7 Å². The number of aliphatic hydroxyl groups is 2. The highest BCUT2D eigenvalue weighted by Gasteiger charge is 2.68. The van der Waals surface area contributed by atoms with Crippen molar-refractivity contribution in [3.05, 3.63) is 17.5 Å². The van der Waals surface area contributed by atoms with Crippen molar-refractivity contribution in [1.82, 2.24) is 10.2 Å². The Morgan fingerprint density at radius 3 is 2.62 bits per heavy atom. The summed E-state index contributed by atoms with van der Waals surface area (Å²) >= 11 is 0. The predicted molar refractivity (Wildman–Crippen MR) is 129 cm³/mol. The quantitative estimate of drug-likeness (QED) is 0.620. The Balaban J connectivity index is 1.28. The minimum atomic E-state index is -0.392. The molecular weight excluding hydrogens is 428 g/mol. The molecule has 11 atom stereocenters. The number of fused-ring (bicyclic) bond motifs is 4. The van der Waals surface area contributed by atoms with Gasteiger partial charge in [0.05, 0.1) is 18.9 Å². The Morgan fingerprint density at radius 1 is 1.09 bits per heavy atom. The number of rotatable bonds is 3. The van der Waals surface area contributed by atoms with Crippen molar-refractivity contribution in [2.45, 2.75) is 84.5 Å². The lowest BCUT2D eigenvalue weighted by Crippen LogP contribution is -2.54. The molecule has 4 fully saturated rings. The average molecular weight is 473 g/mol. The molecule has 1 spiro atoms. The van der Waals surface area contributed by atoms with Crippen LogP contribution in [0.3, 0.4) is 0 Å². The highest BCUT2D eigenvalue weighted by Crippen LogP contribution is 2.68. The van der Waals surface area contributed by atoms with E-state index in [4.69, 9.17) is 9.47 Å². The topological polar surface area (TPSA) is 87.6 Å². The number of nitrogens with zero attached hydrogens (tertiary/aromatic N) is 1. The average Bonchev–Trinajstić information content (AvgIpc) is 3.46. The SMILES string of the molecule is CC1CC[C@@]2(OC1)O[C@H]1C[C@H]3[C@H](CO)[C@@H]([C@@]4(C)Cc5cn[nH]c5C[C@@H]4CO)CC[C@]3(C)C1[C@@H]2C. The molecule has 2 unspecified atom stereocenters. The number of aromatic nitrogens is 2. The van der Waals surface area contributed by atoms with Crippen LogP contribution in [0.15, 0.2) is 6.20 Å². The fourth-order valence-electron chi connectivity index (χ4n) is 9.79. The lowest BCUT2D eigenvalue weighted by atomic mass is 9.48. The summed E-state index contributed by atoms with van der Waals surface area (Å²) in [6, 6.07) is 0. The molecular formula is C28H44N2O4. The van der Waals surface area contributed by atoms with Gasteiger partial charge in [-0.2, -0.15) is 5.10 Å². The zero-order valence-electron chi connectivity index (χ0n) is 21.4. The smallest absolute Gasteiger partial charge is 0.171 e. The van der Waals surface area contributed by atoms with Gasteiger partial charge in [-0.05, 0) is 90.4 Å². The van der Waals surface area contributed by atoms with E-state index in [1.54, 1.807) is 0 Å². The van der Waals surface area contributed by atoms with E-state index in [-0.39, 0.29) is 42.0 Å². The van der Waals surface area contributed by atoms with Crippen LogP contribution in [0.25, 0.3) is 0 Å². The highest BCUT2D eigenvalue weighted by atomic mass is 16.7. The van der Waals surface area contributed by atoms with Gasteiger partial charge in [0, 0.05) is 31.2 Å². The molecule has 2 saturated carbocycles. The predicted octanol–water partition coefficient (Wildman–Crippen LogP) is 3.96. The lowest BCUT2D eigenvalue weighted by molar-refractivity contribution is -0.272. The molecule has 0 aromatic carbocycles. The number of nitrogens with one attached hydrogen (secondary N) is 1. The third kappa shape index (κ3) is 3.10. The minimum Gasteiger partial charge on any atom is -0.396 e. The molecule has 3 N–H and O–H groups in total. The number of ether oxygens (including phenoxy) is 2. The van der Waals surface area contributed by atoms with Crippen LogP contribution < -0.4 is 0 Å². The summed E-state index contributed by atoms with van der Waals surface area (Å²) in [4.78, 5) is 0. The summed E-state index contributed by atoms with van der Waals surface area (Å²) < 4.78 is 13.3. The Kier molecular flexibility index (Phi) is 5.53. The number of hydrogen-bond donors (Lipinski definition) is 3. The van der Waals surface area contributed by atoms with Gasteiger partial charge in [-0.15, -0.1) is 0 Å². The molecule has 190 valence electrons. The van der Waals surface area contributed by atoms with E-state index in [2.05, 4.69) is 37.9 Å². The second kappa shape index (κ2) is 8.03. The van der Waals surface area contributed by atoms with Crippen molar-refractivity contribution in [2.24, 2.45) is 52.3 Å². The van der Waals surface area contributed by atoms with E-state index in [1.807, 2.05) is 6.20 Å². The van der Waals surface area contributed by atoms with Gasteiger partial charge < -0.3 is 19.7 Å². The second-order valence-corrected chi connectivity index (χ2v) is 13.2. The molecule has 34 heavy (non-hydrogen) atoms. The van der Waals surface area contributed by atoms with Crippen LogP contribution in [0.1, 0.15) is 71.1 Å². The third-order valence-corrected chi connectivity index (χ3v) is 11.7. The molecule has 3 aliphatic carbocycles. The number of H-pyrrole nitrogens is 1. The van der Waals surface area contributed by atoms with E-state index in [0.717, 1.165) is 38.7 Å². The van der Waals surface area contributed by atoms with Crippen molar-refractivity contribution in [2.75, 3.05) is 19.8 Å². The van der Waals surface area contributed by atoms with Crippen molar-refractivity contribution >= 4 is 0 Å². The van der Waals surface area contributed by atoms with E-state index >= 15 is 0 Å². The maximum atomic E-state index is 10.8. The molecule has 5 aliphatic rings. The number of hydrogen-bond acceptors (Lipinski definition) is 5. The summed E-state index contributed by atoms with van der Waals surface area (Å²) in [7, 11) is 0. The van der Waals surface area contributed by atoms with Crippen LogP contribution >= 0.6 is 0 Å². The summed E-state index contributed by atoms with van der Waals surface area (Å²) in [6.07, 6.45) is 9.50. The van der Waals surface area contributed by atoms with Crippen LogP contribution in [0.5, 0.6) is 0 Å². The van der Waals surface area contributed by atoms with Crippen molar-refractivity contribution in [3.8, 4) is 0 Å². The first-order chi connectivity index (χ1) is 16.3. The summed E-state index contributed by atoms with van der Waals surface area (Å²) in [5.74, 6) is 2.40. The van der Waals surface area contributed by atoms with Gasteiger partial charge in [-0.3, -0.25) is 5.10 Å². The normalized spacial score (nSPS) is 52.4. The monoisotopic (exact) mass is 472 g/mol. The standard InChI is InChI=1S/C28H44N2O4/c1-16-5-8-28(33-15-16)17(2)25-24(34-28)10-22-20(14-32)21(6-7-26(22,25)3)27(4)11-18-12-29-30-23(18)9-19(27)13-31/h12,16-17,19-22,24-25,31-32H,5-11,13-15H2,1-4H3,(H,29,30)/t16?,17-,19+,20+,21-,22-,24-,25?,26-,27-,28+/m0/s1. The molecule has 3 heterocycles. The first kappa shape index (κ1) is 23.4. The maximum absolute atomic E-state index is 10.8. The Labute approximate surface area is 204 Å². The van der Waals surface area contributed by atoms with Gasteiger partial charge in [0.25, 0.3) is 0 Å². The van der Waals surface area contributed by atoms with E-state index in [1.165, 1.54) is 24.1 Å². The van der Waals surface area contributed by atoms with Gasteiger partial charge in [0.2, 0.25) is 0 Å². The van der Waals surface area contributed by atoms with Gasteiger partial charge in [-0.25, -0.2) is 0 Å². The Hall–Kier alpha value is -0.950. The van der Waals surface area contributed by atoms with Crippen LogP contribution in [0, 0.1) is 52.3 Å². The van der Waals surface area contributed by atoms with E-state index in [0.29, 0.717) is 29.6 Å². The fourth-order valence-corrected chi connectivity index (χ4v) is 9.79. The first-order valence-electron chi connectivity index (χ1n) is 13.8. The molecule has 0 bridgehead atoms. The highest BCUT2D eigenvalue weighted by molar-refractivity contribution is 5.25. The van der Waals surface area contributed by atoms with Crippen LogP contribution in [-0.2, 0) is 22.3 Å². The number of aliphatic hydroxyl groups excluding tert-OH is 2. The molecule has 6 heteroatoms. The molecule has 6 nitrogen and oxygen atoms in total. The largest absolute Gasteiger partial charge is 0.396 e. The van der Waals surface area contributed by atoms with Gasteiger partial charge in [0.1, 0.15) is 0 Å². The van der Waals surface area contributed by atoms with E-state index in [9.17, 15) is 10.2 Å². The second-order valence-electron chi connectivity index (χ2n) is 13.2. The van der Waals surface area contributed by atoms with Crippen LogP contribution in [-0.4, -0.2) is 52.1 Å². The van der Waals surface area contributed by atoms with E-state index < -0.39 is 5.79 Å². The van der Waals surface area contributed by atoms with Gasteiger partial charge in [0.15, 0.2) is 5.79 Å². The summed E-state index contributed by atoms with van der Waals surface area (Å²) in [6.45, 7) is 10.7. The fraction of sp³-hybridized carbons (Fsp3) is 0.893. The molecule has 1 aromatic rings.